The van der Waals surface area contributed by atoms with Crippen LogP contribution in [0.2, 0.25) is 0 Å². The highest BCUT2D eigenvalue weighted by Crippen LogP contribution is 2.38. The summed E-state index contributed by atoms with van der Waals surface area (Å²) >= 11 is 0. The van der Waals surface area contributed by atoms with Crippen LogP contribution >= 0.6 is 7.82 Å². The van der Waals surface area contributed by atoms with Gasteiger partial charge < -0.3 is 28.5 Å². The molecular weight excluding hydrogens is 1040 g/mol. The third-order valence-electron chi connectivity index (χ3n) is 15.1. The zero-order valence-corrected chi connectivity index (χ0v) is 55.3. The Bertz CT molecular complexity index is 1680. The fourth-order valence-corrected chi connectivity index (χ4v) is 10.5. The standard InChI is InChI=1S/C72H131N2O7P/c1-7-10-13-16-19-22-25-28-30-32-33-34-35-36-37-38-39-40-41-42-44-47-50-53-56-59-62-65-72(76)81-70(63-60-57-54-51-48-45-27-24-21-18-15-12-9-3)69(68-80-82(77,78)79-67-66-74(4,5)6)73-71(75)64-61-58-55-52-49-46-43-31-29-26-23-20-17-14-11-8-2/h10,13,19,22,28,30-31,33-34,36-37,43,60,63,69-70H,7-9,11-12,14-18,20-21,23-27,29,32,35,38-42,44-59,61-62,64-68H2,1-6H3,(H-,73,75,77,78)/b13-10-,22-19-,30-28-,34-33-,37-36-,43-31+,63-60-. The monoisotopic (exact) mass is 1170 g/mol. The van der Waals surface area contributed by atoms with Crippen LogP contribution in [0.25, 0.3) is 0 Å². The number of carbonyl (C=O) groups excluding carboxylic acids is 2. The van der Waals surface area contributed by atoms with Crippen LogP contribution in [-0.4, -0.2) is 69.4 Å². The van der Waals surface area contributed by atoms with Gasteiger partial charge >= 0.3 is 5.97 Å². The predicted octanol–water partition coefficient (Wildman–Crippen LogP) is 21.1. The highest BCUT2D eigenvalue weighted by Gasteiger charge is 2.27. The summed E-state index contributed by atoms with van der Waals surface area (Å²) in [4.78, 5) is 40.1. The Morgan fingerprint density at radius 1 is 0.439 bits per heavy atom. The Hall–Kier alpha value is -2.81. The molecule has 0 heterocycles. The number of allylic oxidation sites excluding steroid dienone is 13. The van der Waals surface area contributed by atoms with Crippen LogP contribution < -0.4 is 10.2 Å². The molecule has 0 saturated carbocycles. The zero-order chi connectivity index (χ0) is 60.0. The topological polar surface area (TPSA) is 114 Å². The minimum Gasteiger partial charge on any atom is -0.756 e. The molecule has 476 valence electrons. The van der Waals surface area contributed by atoms with Crippen LogP contribution in [0.5, 0.6) is 0 Å². The quantitative estimate of drug-likeness (QED) is 0.0212. The minimum atomic E-state index is -4.71. The number of ether oxygens (including phenoxy) is 1. The van der Waals surface area contributed by atoms with E-state index in [0.717, 1.165) is 116 Å². The molecule has 0 aliphatic rings. The lowest BCUT2D eigenvalue weighted by Crippen LogP contribution is -2.47. The first-order valence-electron chi connectivity index (χ1n) is 34.4. The summed E-state index contributed by atoms with van der Waals surface area (Å²) in [6.07, 6.45) is 81.3. The summed E-state index contributed by atoms with van der Waals surface area (Å²) in [6.45, 7) is 6.74. The van der Waals surface area contributed by atoms with Crippen molar-refractivity contribution in [3.05, 3.63) is 85.1 Å². The number of phosphoric ester groups is 1. The molecule has 0 aliphatic carbocycles. The first kappa shape index (κ1) is 79.2. The molecule has 0 aromatic rings. The fourth-order valence-electron chi connectivity index (χ4n) is 9.78. The number of hydrogen-bond acceptors (Lipinski definition) is 7. The number of amides is 1. The number of unbranched alkanes of at least 4 members (excludes halogenated alkanes) is 34. The normalized spacial score (nSPS) is 14.1. The van der Waals surface area contributed by atoms with Crippen molar-refractivity contribution in [1.82, 2.24) is 5.32 Å². The lowest BCUT2D eigenvalue weighted by atomic mass is 10.0. The molecule has 9 nitrogen and oxygen atoms in total. The second kappa shape index (κ2) is 61.3. The van der Waals surface area contributed by atoms with Crippen molar-refractivity contribution in [3.63, 3.8) is 0 Å². The number of quaternary nitrogens is 1. The number of hydrogen-bond donors (Lipinski definition) is 1. The maximum Gasteiger partial charge on any atom is 0.306 e. The van der Waals surface area contributed by atoms with E-state index in [2.05, 4.69) is 99.0 Å². The number of nitrogens with one attached hydrogen (secondary N) is 1. The maximum atomic E-state index is 13.6. The molecule has 1 N–H and O–H groups in total. The van der Waals surface area contributed by atoms with E-state index in [1.807, 2.05) is 33.3 Å². The third-order valence-corrected chi connectivity index (χ3v) is 16.0. The van der Waals surface area contributed by atoms with Crippen molar-refractivity contribution >= 4 is 19.7 Å². The van der Waals surface area contributed by atoms with Crippen molar-refractivity contribution in [2.45, 2.75) is 322 Å². The van der Waals surface area contributed by atoms with Crippen molar-refractivity contribution in [2.75, 3.05) is 40.9 Å². The molecular formula is C72H131N2O7P. The number of esters is 1. The molecule has 0 fully saturated rings. The summed E-state index contributed by atoms with van der Waals surface area (Å²) < 4.78 is 30.4. The summed E-state index contributed by atoms with van der Waals surface area (Å²) in [7, 11) is 1.18. The average Bonchev–Trinajstić information content (AvgIpc) is 3.45. The second-order valence-corrected chi connectivity index (χ2v) is 25.7. The molecule has 0 aromatic heterocycles. The van der Waals surface area contributed by atoms with E-state index in [4.69, 9.17) is 13.8 Å². The van der Waals surface area contributed by atoms with Crippen LogP contribution in [-0.2, 0) is 27.9 Å². The van der Waals surface area contributed by atoms with Gasteiger partial charge in [-0.25, -0.2) is 0 Å². The maximum absolute atomic E-state index is 13.6. The van der Waals surface area contributed by atoms with Crippen molar-refractivity contribution in [3.8, 4) is 0 Å². The Balaban J connectivity index is 5.11. The van der Waals surface area contributed by atoms with Crippen molar-refractivity contribution in [2.24, 2.45) is 0 Å². The third kappa shape index (κ3) is 61.7. The van der Waals surface area contributed by atoms with E-state index < -0.39 is 26.6 Å². The molecule has 1 amide bonds. The van der Waals surface area contributed by atoms with Gasteiger partial charge in [0.05, 0.1) is 33.8 Å². The molecule has 0 bridgehead atoms. The molecule has 0 rings (SSSR count). The van der Waals surface area contributed by atoms with Crippen LogP contribution in [0.4, 0.5) is 0 Å². The van der Waals surface area contributed by atoms with Gasteiger partial charge in [0, 0.05) is 12.8 Å². The number of nitrogens with zero attached hydrogens (tertiary/aromatic N) is 1. The summed E-state index contributed by atoms with van der Waals surface area (Å²) in [5, 5.41) is 3.03. The molecule has 3 atom stereocenters. The number of likely N-dealkylation sites (N-methyl/N-ethyl adjacent to an activating group) is 1. The second-order valence-electron chi connectivity index (χ2n) is 24.3. The SMILES string of the molecule is CC/C=C\C/C=C\C/C=C\C/C=C\C/C=C\CCCCCCCCCCCCCC(=O)OC(/C=C\CCCCCCCCCCCCC)C(COP(=O)([O-])OCC[N+](C)(C)C)NC(=O)CCCCCCC/C=C/CCCCCCCCC. The first-order valence-corrected chi connectivity index (χ1v) is 35.9. The predicted molar refractivity (Wildman–Crippen MR) is 353 cm³/mol. The minimum absolute atomic E-state index is 0.0262. The number of rotatable bonds is 62. The first-order chi connectivity index (χ1) is 39.9. The van der Waals surface area contributed by atoms with Crippen molar-refractivity contribution < 1.29 is 37.3 Å². The van der Waals surface area contributed by atoms with Gasteiger partial charge in [0.25, 0.3) is 7.82 Å². The lowest BCUT2D eigenvalue weighted by Gasteiger charge is -2.30. The molecule has 82 heavy (non-hydrogen) atoms. The molecule has 0 aliphatic heterocycles. The molecule has 0 radical (unpaired) electrons. The average molecular weight is 1170 g/mol. The Morgan fingerprint density at radius 2 is 0.780 bits per heavy atom. The van der Waals surface area contributed by atoms with Gasteiger partial charge in [0.1, 0.15) is 19.3 Å². The molecule has 3 unspecified atom stereocenters. The van der Waals surface area contributed by atoms with Crippen molar-refractivity contribution in [1.29, 1.82) is 0 Å². The Labute approximate surface area is 507 Å². The molecule has 0 spiro atoms. The molecule has 0 saturated heterocycles. The van der Waals surface area contributed by atoms with E-state index in [0.29, 0.717) is 17.4 Å². The number of phosphoric acid groups is 1. The van der Waals surface area contributed by atoms with E-state index in [1.54, 1.807) is 0 Å². The molecule has 0 aromatic carbocycles. The van der Waals surface area contributed by atoms with Gasteiger partial charge in [-0.05, 0) is 102 Å². The largest absolute Gasteiger partial charge is 0.756 e. The highest BCUT2D eigenvalue weighted by molar-refractivity contribution is 7.45. The van der Waals surface area contributed by atoms with E-state index >= 15 is 0 Å². The van der Waals surface area contributed by atoms with E-state index in [1.165, 1.54) is 161 Å². The van der Waals surface area contributed by atoms with Gasteiger partial charge in [-0.2, -0.15) is 0 Å². The van der Waals surface area contributed by atoms with Gasteiger partial charge in [-0.3, -0.25) is 14.2 Å². The van der Waals surface area contributed by atoms with Crippen LogP contribution in [0.3, 0.4) is 0 Å². The lowest BCUT2D eigenvalue weighted by molar-refractivity contribution is -0.870. The van der Waals surface area contributed by atoms with E-state index in [9.17, 15) is 19.0 Å². The summed E-state index contributed by atoms with van der Waals surface area (Å²) in [5.74, 6) is -0.548. The number of carbonyl (C=O) groups is 2. The van der Waals surface area contributed by atoms with Crippen LogP contribution in [0.1, 0.15) is 310 Å². The smallest absolute Gasteiger partial charge is 0.306 e. The van der Waals surface area contributed by atoms with Gasteiger partial charge in [0.15, 0.2) is 0 Å². The summed E-state index contributed by atoms with van der Waals surface area (Å²) in [6, 6.07) is -0.897. The fraction of sp³-hybridized carbons (Fsp3) is 0.778. The van der Waals surface area contributed by atoms with E-state index in [-0.39, 0.29) is 24.9 Å². The van der Waals surface area contributed by atoms with Gasteiger partial charge in [-0.1, -0.05) is 280 Å². The van der Waals surface area contributed by atoms with Gasteiger partial charge in [0.2, 0.25) is 5.91 Å². The zero-order valence-electron chi connectivity index (χ0n) is 54.4. The summed E-state index contributed by atoms with van der Waals surface area (Å²) in [5.41, 5.74) is 0. The molecule has 10 heteroatoms. The Kier molecular flexibility index (Phi) is 59.2. The van der Waals surface area contributed by atoms with Crippen LogP contribution in [0.15, 0.2) is 85.1 Å². The Morgan fingerprint density at radius 3 is 1.18 bits per heavy atom. The van der Waals surface area contributed by atoms with Crippen LogP contribution in [0, 0.1) is 0 Å². The highest BCUT2D eigenvalue weighted by atomic mass is 31.2. The van der Waals surface area contributed by atoms with Gasteiger partial charge in [-0.15, -0.1) is 0 Å².